The summed E-state index contributed by atoms with van der Waals surface area (Å²) in [7, 11) is -4.48. The number of hydrogen-bond donors (Lipinski definition) is 0. The summed E-state index contributed by atoms with van der Waals surface area (Å²) < 4.78 is 33.4. The Balaban J connectivity index is 0.000000557. The van der Waals surface area contributed by atoms with E-state index in [0.717, 1.165) is 0 Å². The Hall–Kier alpha value is -0.100. The molecule has 0 aliphatic heterocycles. The van der Waals surface area contributed by atoms with E-state index in [1.165, 1.54) is 0 Å². The molecular formula is C8H11Cl2O5PS. The predicted octanol–water partition coefficient (Wildman–Crippen LogP) is 3.51. The van der Waals surface area contributed by atoms with Crippen molar-refractivity contribution in [2.24, 2.45) is 0 Å². The number of halogens is 2. The molecule has 1 aromatic rings. The number of para-hydroxylation sites is 1. The molecule has 0 spiro atoms. The number of hydrogen-bond acceptors (Lipinski definition) is 5. The van der Waals surface area contributed by atoms with Gasteiger partial charge in [0.05, 0.1) is 23.7 Å². The van der Waals surface area contributed by atoms with E-state index in [-0.39, 0.29) is 5.75 Å². The summed E-state index contributed by atoms with van der Waals surface area (Å²) in [4.78, 5) is 0. The minimum absolute atomic E-state index is 0.284. The van der Waals surface area contributed by atoms with E-state index in [9.17, 15) is 8.77 Å². The average molecular weight is 321 g/mol. The van der Waals surface area contributed by atoms with Crippen molar-refractivity contribution in [3.8, 4) is 5.75 Å². The highest BCUT2D eigenvalue weighted by Crippen LogP contribution is 2.51. The molecule has 0 saturated heterocycles. The maximum Gasteiger partial charge on any atom is 0.563 e. The van der Waals surface area contributed by atoms with Crippen molar-refractivity contribution < 1.29 is 21.5 Å². The molecule has 0 radical (unpaired) electrons. The molecule has 0 aliphatic rings. The van der Waals surface area contributed by atoms with E-state index >= 15 is 0 Å². The number of rotatable bonds is 4. The van der Waals surface area contributed by atoms with Crippen LogP contribution in [0, 0.1) is 0 Å². The van der Waals surface area contributed by atoms with Crippen molar-refractivity contribution in [2.45, 2.75) is 0 Å². The highest BCUT2D eigenvalue weighted by molar-refractivity contribution is 7.83. The monoisotopic (exact) mass is 320 g/mol. The summed E-state index contributed by atoms with van der Waals surface area (Å²) >= 11 is 9.72. The van der Waals surface area contributed by atoms with Crippen LogP contribution < -0.4 is 4.52 Å². The Kier molecular flexibility index (Phi) is 8.86. The molecule has 1 rings (SSSR count). The van der Waals surface area contributed by atoms with Crippen LogP contribution in [0.2, 0.25) is 0 Å². The fraction of sp³-hybridized carbons (Fsp3) is 0.250. The minimum atomic E-state index is -3.87. The lowest BCUT2D eigenvalue weighted by molar-refractivity contribution is 0.318. The van der Waals surface area contributed by atoms with Crippen LogP contribution in [-0.4, -0.2) is 16.7 Å². The van der Waals surface area contributed by atoms with Crippen LogP contribution in [0.5, 0.6) is 5.75 Å². The van der Waals surface area contributed by atoms with Crippen LogP contribution in [0.3, 0.4) is 0 Å². The SMILES string of the molecule is CS(C)=O.O=P(OCl)(OCl)Oc1ccccc1. The van der Waals surface area contributed by atoms with E-state index in [2.05, 4.69) is 8.15 Å². The molecule has 0 atom stereocenters. The first-order chi connectivity index (χ1) is 7.93. The van der Waals surface area contributed by atoms with Gasteiger partial charge in [-0.25, -0.2) is 4.57 Å². The second-order valence-corrected chi connectivity index (χ2v) is 6.40. The van der Waals surface area contributed by atoms with Gasteiger partial charge in [0.2, 0.25) is 0 Å². The smallest absolute Gasteiger partial charge is 0.402 e. The van der Waals surface area contributed by atoms with Crippen molar-refractivity contribution in [3.05, 3.63) is 30.3 Å². The fourth-order valence-electron chi connectivity index (χ4n) is 0.649. The largest absolute Gasteiger partial charge is 0.563 e. The first kappa shape index (κ1) is 16.9. The fourth-order valence-corrected chi connectivity index (χ4v) is 1.53. The van der Waals surface area contributed by atoms with E-state index in [1.807, 2.05) is 0 Å². The van der Waals surface area contributed by atoms with Crippen LogP contribution in [0.1, 0.15) is 0 Å². The molecule has 0 heterocycles. The first-order valence-corrected chi connectivity index (χ1v) is 8.18. The standard InChI is InChI=1S/C6H5Cl2O4P.C2H6OS/c7-11-13(9,12-8)10-6-4-2-1-3-5-6;1-4(2)3/h1-5H;1-2H3. The second kappa shape index (κ2) is 8.91. The number of phosphoric acid groups is 1. The summed E-state index contributed by atoms with van der Waals surface area (Å²) in [6.45, 7) is 0. The van der Waals surface area contributed by atoms with Crippen molar-refractivity contribution in [1.29, 1.82) is 0 Å². The third-order valence-corrected chi connectivity index (χ3v) is 2.92. The van der Waals surface area contributed by atoms with Gasteiger partial charge in [0.15, 0.2) is 0 Å². The lowest BCUT2D eigenvalue weighted by Gasteiger charge is -2.09. The molecule has 0 fully saturated rings. The van der Waals surface area contributed by atoms with Gasteiger partial charge in [-0.15, -0.1) is 0 Å². The van der Waals surface area contributed by atoms with Gasteiger partial charge in [-0.1, -0.05) is 18.2 Å². The zero-order chi connectivity index (χ0) is 13.3. The van der Waals surface area contributed by atoms with Gasteiger partial charge in [0.1, 0.15) is 5.75 Å². The van der Waals surface area contributed by atoms with E-state index in [1.54, 1.807) is 42.8 Å². The molecule has 1 aromatic carbocycles. The van der Waals surface area contributed by atoms with Gasteiger partial charge in [0.25, 0.3) is 0 Å². The summed E-state index contributed by atoms with van der Waals surface area (Å²) in [6.07, 6.45) is 3.28. The first-order valence-electron chi connectivity index (χ1n) is 4.14. The molecule has 0 aromatic heterocycles. The molecule has 0 aliphatic carbocycles. The highest BCUT2D eigenvalue weighted by atomic mass is 35.5. The molecule has 0 saturated carbocycles. The Morgan fingerprint density at radius 2 is 1.53 bits per heavy atom. The lowest BCUT2D eigenvalue weighted by Crippen LogP contribution is -1.91. The van der Waals surface area contributed by atoms with Crippen molar-refractivity contribution in [1.82, 2.24) is 0 Å². The van der Waals surface area contributed by atoms with Gasteiger partial charge in [0, 0.05) is 23.3 Å². The molecule has 0 N–H and O–H groups in total. The Morgan fingerprint density at radius 1 is 1.12 bits per heavy atom. The number of benzene rings is 1. The average Bonchev–Trinajstić information content (AvgIpc) is 2.29. The van der Waals surface area contributed by atoms with E-state index in [4.69, 9.17) is 28.3 Å². The van der Waals surface area contributed by atoms with Crippen molar-refractivity contribution >= 4 is 42.4 Å². The summed E-state index contributed by atoms with van der Waals surface area (Å²) in [5.41, 5.74) is 0. The van der Waals surface area contributed by atoms with Crippen LogP contribution in [0.25, 0.3) is 0 Å². The molecule has 17 heavy (non-hydrogen) atoms. The lowest BCUT2D eigenvalue weighted by atomic mass is 10.3. The molecule has 98 valence electrons. The quantitative estimate of drug-likeness (QED) is 0.794. The molecule has 0 amide bonds. The van der Waals surface area contributed by atoms with Gasteiger partial charge in [-0.05, 0) is 12.1 Å². The second-order valence-electron chi connectivity index (χ2n) is 2.73. The highest BCUT2D eigenvalue weighted by Gasteiger charge is 2.28. The summed E-state index contributed by atoms with van der Waals surface area (Å²) in [6, 6.07) is 8.24. The predicted molar refractivity (Wildman–Crippen MR) is 68.5 cm³/mol. The van der Waals surface area contributed by atoms with Crippen molar-refractivity contribution in [2.75, 3.05) is 12.5 Å². The third kappa shape index (κ3) is 8.60. The maximum atomic E-state index is 11.2. The molecule has 0 unspecified atom stereocenters. The zero-order valence-electron chi connectivity index (χ0n) is 9.04. The van der Waals surface area contributed by atoms with Crippen LogP contribution in [0.15, 0.2) is 30.3 Å². The van der Waals surface area contributed by atoms with Crippen LogP contribution >= 0.6 is 31.6 Å². The maximum absolute atomic E-state index is 11.2. The van der Waals surface area contributed by atoms with Crippen molar-refractivity contribution in [3.63, 3.8) is 0 Å². The normalized spacial score (nSPS) is 10.6. The summed E-state index contributed by atoms with van der Waals surface area (Å²) in [5, 5.41) is 0. The Morgan fingerprint density at radius 3 is 1.88 bits per heavy atom. The third-order valence-electron chi connectivity index (χ3n) is 1.13. The van der Waals surface area contributed by atoms with Gasteiger partial charge < -0.3 is 4.52 Å². The Bertz CT molecular complexity index is 377. The molecule has 0 bridgehead atoms. The van der Waals surface area contributed by atoms with E-state index < -0.39 is 18.6 Å². The van der Waals surface area contributed by atoms with Gasteiger partial charge >= 0.3 is 7.82 Å². The summed E-state index contributed by atoms with van der Waals surface area (Å²) in [5.74, 6) is 0.284. The van der Waals surface area contributed by atoms with E-state index in [0.29, 0.717) is 0 Å². The van der Waals surface area contributed by atoms with Gasteiger partial charge in [-0.2, -0.15) is 8.15 Å². The molecule has 5 nitrogen and oxygen atoms in total. The zero-order valence-corrected chi connectivity index (χ0v) is 12.3. The van der Waals surface area contributed by atoms with Crippen LogP contribution in [-0.2, 0) is 23.5 Å². The van der Waals surface area contributed by atoms with Crippen LogP contribution in [0.4, 0.5) is 0 Å². The Labute approximate surface area is 112 Å². The molecular weight excluding hydrogens is 310 g/mol. The molecule has 9 heteroatoms. The topological polar surface area (TPSA) is 61.8 Å². The van der Waals surface area contributed by atoms with Gasteiger partial charge in [-0.3, -0.25) is 4.21 Å². The minimum Gasteiger partial charge on any atom is -0.402 e.